The van der Waals surface area contributed by atoms with E-state index in [0.29, 0.717) is 0 Å². The molecule has 2 heterocycles. The molecule has 1 aromatic heterocycles. The summed E-state index contributed by atoms with van der Waals surface area (Å²) in [6.45, 7) is 2.76. The summed E-state index contributed by atoms with van der Waals surface area (Å²) in [5.74, 6) is 0. The minimum absolute atomic E-state index is 0.205. The molecule has 22 heavy (non-hydrogen) atoms. The van der Waals surface area contributed by atoms with Crippen LogP contribution in [-0.4, -0.2) is 39.9 Å². The Balaban J connectivity index is 1.82. The van der Waals surface area contributed by atoms with E-state index in [9.17, 15) is 5.11 Å². The molecule has 2 aromatic carbocycles. The Morgan fingerprint density at radius 3 is 2.91 bits per heavy atom. The lowest BCUT2D eigenvalue weighted by Gasteiger charge is -2.26. The number of aromatic nitrogens is 2. The lowest BCUT2D eigenvalue weighted by atomic mass is 9.97. The van der Waals surface area contributed by atoms with Crippen molar-refractivity contribution in [1.82, 2.24) is 15.1 Å². The van der Waals surface area contributed by atoms with Gasteiger partial charge in [0.1, 0.15) is 0 Å². The molecule has 0 radical (unpaired) electrons. The van der Waals surface area contributed by atoms with Gasteiger partial charge in [0, 0.05) is 42.9 Å². The van der Waals surface area contributed by atoms with Gasteiger partial charge in [-0.15, -0.1) is 0 Å². The molecule has 1 aliphatic heterocycles. The fourth-order valence-corrected chi connectivity index (χ4v) is 3.34. The molecule has 112 valence electrons. The van der Waals surface area contributed by atoms with Crippen molar-refractivity contribution >= 4 is 10.8 Å². The highest BCUT2D eigenvalue weighted by Gasteiger charge is 2.23. The molecule has 0 saturated heterocycles. The number of fused-ring (bicyclic) bond motifs is 2. The fourth-order valence-electron chi connectivity index (χ4n) is 3.34. The number of aliphatic hydroxyl groups excluding tert-OH is 1. The molecule has 0 unspecified atom stereocenters. The molecule has 0 saturated carbocycles. The molecule has 4 heteroatoms. The number of nitrogens with zero attached hydrogens (tertiary/aromatic N) is 2. The highest BCUT2D eigenvalue weighted by Crippen LogP contribution is 2.33. The third-order valence-electron chi connectivity index (χ3n) is 4.47. The van der Waals surface area contributed by atoms with Crippen molar-refractivity contribution < 1.29 is 5.11 Å². The van der Waals surface area contributed by atoms with E-state index in [1.807, 2.05) is 0 Å². The monoisotopic (exact) mass is 293 g/mol. The first-order chi connectivity index (χ1) is 10.9. The molecule has 3 aromatic rings. The van der Waals surface area contributed by atoms with Crippen LogP contribution < -0.4 is 0 Å². The molecule has 2 N–H and O–H groups in total. The van der Waals surface area contributed by atoms with Crippen molar-refractivity contribution in [3.63, 3.8) is 0 Å². The van der Waals surface area contributed by atoms with E-state index in [2.05, 4.69) is 57.6 Å². The van der Waals surface area contributed by atoms with Crippen LogP contribution >= 0.6 is 0 Å². The Bertz CT molecular complexity index is 804. The van der Waals surface area contributed by atoms with E-state index in [4.69, 9.17) is 0 Å². The van der Waals surface area contributed by atoms with Gasteiger partial charge in [-0.05, 0) is 10.8 Å². The summed E-state index contributed by atoms with van der Waals surface area (Å²) in [6, 6.07) is 14.8. The SMILES string of the molecule is OCCN1CCc2[nH]nc(-c3cccc4ccccc34)c2C1. The summed E-state index contributed by atoms with van der Waals surface area (Å²) in [6.07, 6.45) is 0.965. The second-order valence-corrected chi connectivity index (χ2v) is 5.81. The predicted molar refractivity (Wildman–Crippen MR) is 87.6 cm³/mol. The molecular formula is C18H19N3O. The maximum atomic E-state index is 9.18. The lowest BCUT2D eigenvalue weighted by Crippen LogP contribution is -2.32. The van der Waals surface area contributed by atoms with Crippen molar-refractivity contribution in [2.75, 3.05) is 19.7 Å². The van der Waals surface area contributed by atoms with Crippen molar-refractivity contribution in [2.45, 2.75) is 13.0 Å². The molecule has 0 atom stereocenters. The molecular weight excluding hydrogens is 274 g/mol. The third-order valence-corrected chi connectivity index (χ3v) is 4.47. The number of hydrogen-bond donors (Lipinski definition) is 2. The molecule has 0 aliphatic carbocycles. The van der Waals surface area contributed by atoms with E-state index in [-0.39, 0.29) is 6.61 Å². The first-order valence-electron chi connectivity index (χ1n) is 7.74. The van der Waals surface area contributed by atoms with Gasteiger partial charge in [0.2, 0.25) is 0 Å². The number of hydrogen-bond acceptors (Lipinski definition) is 3. The Kier molecular flexibility index (Phi) is 3.41. The van der Waals surface area contributed by atoms with Gasteiger partial charge in [-0.25, -0.2) is 0 Å². The highest BCUT2D eigenvalue weighted by atomic mass is 16.3. The second kappa shape index (κ2) is 5.55. The van der Waals surface area contributed by atoms with Crippen LogP contribution in [0.2, 0.25) is 0 Å². The summed E-state index contributed by atoms with van der Waals surface area (Å²) in [4.78, 5) is 2.28. The number of aromatic amines is 1. The van der Waals surface area contributed by atoms with Crippen LogP contribution in [0.5, 0.6) is 0 Å². The summed E-state index contributed by atoms with van der Waals surface area (Å²) in [5, 5.41) is 19.5. The van der Waals surface area contributed by atoms with Crippen molar-refractivity contribution in [1.29, 1.82) is 0 Å². The zero-order valence-electron chi connectivity index (χ0n) is 12.4. The maximum absolute atomic E-state index is 9.18. The van der Waals surface area contributed by atoms with Gasteiger partial charge in [0.25, 0.3) is 0 Å². The second-order valence-electron chi connectivity index (χ2n) is 5.81. The number of nitrogens with one attached hydrogen (secondary N) is 1. The van der Waals surface area contributed by atoms with Gasteiger partial charge in [-0.2, -0.15) is 5.10 Å². The number of rotatable bonds is 3. The largest absolute Gasteiger partial charge is 0.395 e. The van der Waals surface area contributed by atoms with Crippen LogP contribution in [0.4, 0.5) is 0 Å². The van der Waals surface area contributed by atoms with E-state index in [1.165, 1.54) is 27.6 Å². The van der Waals surface area contributed by atoms with Crippen LogP contribution in [0.3, 0.4) is 0 Å². The molecule has 0 fully saturated rings. The van der Waals surface area contributed by atoms with E-state index in [1.54, 1.807) is 0 Å². The van der Waals surface area contributed by atoms with Crippen LogP contribution in [0.1, 0.15) is 11.3 Å². The van der Waals surface area contributed by atoms with E-state index in [0.717, 1.165) is 31.7 Å². The average molecular weight is 293 g/mol. The Morgan fingerprint density at radius 1 is 1.14 bits per heavy atom. The molecule has 0 spiro atoms. The van der Waals surface area contributed by atoms with Crippen molar-refractivity contribution in [2.24, 2.45) is 0 Å². The fraction of sp³-hybridized carbons (Fsp3) is 0.278. The number of aliphatic hydroxyl groups is 1. The molecule has 4 rings (SSSR count). The Morgan fingerprint density at radius 2 is 2.00 bits per heavy atom. The minimum atomic E-state index is 0.205. The van der Waals surface area contributed by atoms with Crippen molar-refractivity contribution in [3.05, 3.63) is 53.7 Å². The summed E-state index contributed by atoms with van der Waals surface area (Å²) in [7, 11) is 0. The standard InChI is InChI=1S/C18H19N3O/c22-11-10-21-9-8-17-16(12-21)18(20-19-17)15-7-3-5-13-4-1-2-6-14(13)15/h1-7,22H,8-12H2,(H,19,20). The van der Waals surface area contributed by atoms with Gasteiger partial charge < -0.3 is 5.11 Å². The smallest absolute Gasteiger partial charge is 0.0974 e. The first kappa shape index (κ1) is 13.5. The topological polar surface area (TPSA) is 52.1 Å². The van der Waals surface area contributed by atoms with E-state index >= 15 is 0 Å². The van der Waals surface area contributed by atoms with Crippen LogP contribution in [0.25, 0.3) is 22.0 Å². The Hall–Kier alpha value is -2.17. The van der Waals surface area contributed by atoms with Gasteiger partial charge in [-0.1, -0.05) is 42.5 Å². The average Bonchev–Trinajstić information content (AvgIpc) is 2.98. The summed E-state index contributed by atoms with van der Waals surface area (Å²) < 4.78 is 0. The zero-order valence-corrected chi connectivity index (χ0v) is 12.4. The number of H-pyrrole nitrogens is 1. The number of β-amino-alcohol motifs (C(OH)–C–C–N with tert-alkyl or cyclic N) is 1. The molecule has 0 amide bonds. The normalized spacial score (nSPS) is 15.1. The van der Waals surface area contributed by atoms with Crippen molar-refractivity contribution in [3.8, 4) is 11.3 Å². The summed E-state index contributed by atoms with van der Waals surface area (Å²) >= 11 is 0. The maximum Gasteiger partial charge on any atom is 0.0974 e. The van der Waals surface area contributed by atoms with Gasteiger partial charge in [-0.3, -0.25) is 10.00 Å². The van der Waals surface area contributed by atoms with Gasteiger partial charge >= 0.3 is 0 Å². The van der Waals surface area contributed by atoms with Crippen LogP contribution in [0, 0.1) is 0 Å². The quantitative estimate of drug-likeness (QED) is 0.780. The van der Waals surface area contributed by atoms with Gasteiger partial charge in [0.05, 0.1) is 12.3 Å². The first-order valence-corrected chi connectivity index (χ1v) is 7.74. The highest BCUT2D eigenvalue weighted by molar-refractivity contribution is 5.96. The number of benzene rings is 2. The lowest BCUT2D eigenvalue weighted by molar-refractivity contribution is 0.184. The molecule has 1 aliphatic rings. The zero-order chi connectivity index (χ0) is 14.9. The predicted octanol–water partition coefficient (Wildman–Crippen LogP) is 2.58. The third kappa shape index (κ3) is 2.21. The minimum Gasteiger partial charge on any atom is -0.395 e. The van der Waals surface area contributed by atoms with Crippen LogP contribution in [-0.2, 0) is 13.0 Å². The molecule has 4 nitrogen and oxygen atoms in total. The summed E-state index contributed by atoms with van der Waals surface area (Å²) in [5.41, 5.74) is 4.74. The van der Waals surface area contributed by atoms with Gasteiger partial charge in [0.15, 0.2) is 0 Å². The Labute approximate surface area is 129 Å². The molecule has 0 bridgehead atoms. The van der Waals surface area contributed by atoms with Crippen LogP contribution in [0.15, 0.2) is 42.5 Å². The van der Waals surface area contributed by atoms with E-state index < -0.39 is 0 Å².